The van der Waals surface area contributed by atoms with E-state index >= 15 is 0 Å². The summed E-state index contributed by atoms with van der Waals surface area (Å²) in [6, 6.07) is 3.68. The number of carbonyl (C=O) groups is 1. The molecule has 0 aromatic carbocycles. The topological polar surface area (TPSA) is 65.5 Å². The summed E-state index contributed by atoms with van der Waals surface area (Å²) in [5.74, 6) is -0.0584. The second kappa shape index (κ2) is 5.93. The van der Waals surface area contributed by atoms with E-state index in [-0.39, 0.29) is 18.6 Å². The van der Waals surface area contributed by atoms with E-state index in [2.05, 4.69) is 22.2 Å². The number of nitrogens with one attached hydrogen (secondary N) is 1. The number of hydrogen-bond donors (Lipinski definition) is 2. The first-order valence-corrected chi connectivity index (χ1v) is 6.24. The van der Waals surface area contributed by atoms with Crippen LogP contribution >= 0.6 is 0 Å². The Morgan fingerprint density at radius 1 is 1.67 bits per heavy atom. The first-order valence-electron chi connectivity index (χ1n) is 6.24. The van der Waals surface area contributed by atoms with E-state index in [4.69, 9.17) is 5.11 Å². The number of likely N-dealkylation sites (N-methyl/N-ethyl adjacent to an activating group) is 1. The minimum atomic E-state index is -0.0584. The predicted octanol–water partition coefficient (Wildman–Crippen LogP) is 0.0503. The maximum absolute atomic E-state index is 12.0. The summed E-state index contributed by atoms with van der Waals surface area (Å²) in [6.45, 7) is 1.98. The van der Waals surface area contributed by atoms with Crippen molar-refractivity contribution in [2.45, 2.75) is 18.9 Å². The van der Waals surface area contributed by atoms with Crippen LogP contribution in [0.2, 0.25) is 0 Å². The Balaban J connectivity index is 1.97. The zero-order valence-corrected chi connectivity index (χ0v) is 10.6. The van der Waals surface area contributed by atoms with Crippen molar-refractivity contribution >= 4 is 5.91 Å². The van der Waals surface area contributed by atoms with Crippen LogP contribution in [0.3, 0.4) is 0 Å². The number of carbonyl (C=O) groups excluding carboxylic acids is 1. The largest absolute Gasteiger partial charge is 0.396 e. The van der Waals surface area contributed by atoms with E-state index in [1.54, 1.807) is 18.3 Å². The van der Waals surface area contributed by atoms with Crippen LogP contribution in [0.25, 0.3) is 0 Å². The third-order valence-electron chi connectivity index (χ3n) is 3.17. The Labute approximate surface area is 107 Å². The van der Waals surface area contributed by atoms with Crippen molar-refractivity contribution in [2.75, 3.05) is 26.7 Å². The molecule has 98 valence electrons. The van der Waals surface area contributed by atoms with Gasteiger partial charge in [-0.15, -0.1) is 0 Å². The van der Waals surface area contributed by atoms with Gasteiger partial charge in [0.2, 0.25) is 0 Å². The average Bonchev–Trinajstić information content (AvgIpc) is 2.75. The molecule has 0 spiro atoms. The lowest BCUT2D eigenvalue weighted by molar-refractivity contribution is 0.0938. The second-order valence-corrected chi connectivity index (χ2v) is 4.73. The van der Waals surface area contributed by atoms with E-state index in [0.717, 1.165) is 25.2 Å². The van der Waals surface area contributed by atoms with Crippen LogP contribution in [-0.2, 0) is 6.42 Å². The van der Waals surface area contributed by atoms with Gasteiger partial charge in [-0.05, 0) is 32.1 Å². The molecule has 0 aliphatic carbocycles. The van der Waals surface area contributed by atoms with Gasteiger partial charge in [0.1, 0.15) is 0 Å². The van der Waals surface area contributed by atoms with Gasteiger partial charge in [0.15, 0.2) is 0 Å². The number of nitrogens with zero attached hydrogens (tertiary/aromatic N) is 2. The van der Waals surface area contributed by atoms with Crippen molar-refractivity contribution in [3.8, 4) is 0 Å². The smallest absolute Gasteiger partial charge is 0.251 e. The fourth-order valence-electron chi connectivity index (χ4n) is 2.19. The van der Waals surface area contributed by atoms with Crippen molar-refractivity contribution in [1.29, 1.82) is 0 Å². The third-order valence-corrected chi connectivity index (χ3v) is 3.17. The van der Waals surface area contributed by atoms with E-state index < -0.39 is 0 Å². The first kappa shape index (κ1) is 13.0. The van der Waals surface area contributed by atoms with Gasteiger partial charge in [-0.3, -0.25) is 9.78 Å². The molecule has 1 aliphatic rings. The number of pyridine rings is 1. The molecule has 1 amide bonds. The summed E-state index contributed by atoms with van der Waals surface area (Å²) in [6.07, 6.45) is 3.09. The highest BCUT2D eigenvalue weighted by molar-refractivity contribution is 5.94. The number of amides is 1. The molecule has 1 fully saturated rings. The van der Waals surface area contributed by atoms with Gasteiger partial charge >= 0.3 is 0 Å². The van der Waals surface area contributed by atoms with Gasteiger partial charge < -0.3 is 15.3 Å². The highest BCUT2D eigenvalue weighted by Gasteiger charge is 2.21. The van der Waals surface area contributed by atoms with Crippen molar-refractivity contribution in [2.24, 2.45) is 0 Å². The molecule has 5 nitrogen and oxygen atoms in total. The molecule has 2 N–H and O–H groups in total. The first-order chi connectivity index (χ1) is 8.69. The van der Waals surface area contributed by atoms with E-state index in [9.17, 15) is 4.79 Å². The maximum atomic E-state index is 12.0. The summed E-state index contributed by atoms with van der Waals surface area (Å²) >= 11 is 0. The van der Waals surface area contributed by atoms with Gasteiger partial charge in [0.25, 0.3) is 5.91 Å². The maximum Gasteiger partial charge on any atom is 0.251 e. The molecule has 2 rings (SSSR count). The number of aliphatic hydroxyl groups is 1. The molecular formula is C13H19N3O2. The lowest BCUT2D eigenvalue weighted by Crippen LogP contribution is -2.36. The lowest BCUT2D eigenvalue weighted by atomic mass is 10.1. The molecule has 0 bridgehead atoms. The van der Waals surface area contributed by atoms with Gasteiger partial charge in [-0.2, -0.15) is 0 Å². The van der Waals surface area contributed by atoms with Crippen molar-refractivity contribution < 1.29 is 9.90 Å². The average molecular weight is 249 g/mol. The van der Waals surface area contributed by atoms with E-state index in [1.807, 2.05) is 0 Å². The zero-order chi connectivity index (χ0) is 13.0. The molecular weight excluding hydrogens is 230 g/mol. The Morgan fingerprint density at radius 2 is 2.50 bits per heavy atom. The highest BCUT2D eigenvalue weighted by atomic mass is 16.3. The molecule has 1 unspecified atom stereocenters. The van der Waals surface area contributed by atoms with Crippen molar-refractivity contribution in [1.82, 2.24) is 15.2 Å². The lowest BCUT2D eigenvalue weighted by Gasteiger charge is -2.13. The van der Waals surface area contributed by atoms with Crippen LogP contribution < -0.4 is 5.32 Å². The molecule has 0 radical (unpaired) electrons. The summed E-state index contributed by atoms with van der Waals surface area (Å²) in [7, 11) is 2.05. The van der Waals surface area contributed by atoms with Crippen molar-refractivity contribution in [3.63, 3.8) is 0 Å². The van der Waals surface area contributed by atoms with Crippen LogP contribution in [0.1, 0.15) is 22.5 Å². The summed E-state index contributed by atoms with van der Waals surface area (Å²) < 4.78 is 0. The number of aliphatic hydroxyl groups excluding tert-OH is 1. The minimum absolute atomic E-state index is 0.0471. The standard InChI is InChI=1S/C13H19N3O2/c1-16-6-3-12(9-16)15-13(18)10-2-5-14-11(8-10)4-7-17/h2,5,8,12,17H,3-4,6-7,9H2,1H3,(H,15,18). The van der Waals surface area contributed by atoms with Crippen LogP contribution in [0, 0.1) is 0 Å². The number of rotatable bonds is 4. The molecule has 1 aromatic rings. The molecule has 5 heteroatoms. The van der Waals surface area contributed by atoms with E-state index in [1.165, 1.54) is 0 Å². The molecule has 1 atom stereocenters. The fourth-order valence-corrected chi connectivity index (χ4v) is 2.19. The van der Waals surface area contributed by atoms with Crippen LogP contribution in [0.15, 0.2) is 18.3 Å². The zero-order valence-electron chi connectivity index (χ0n) is 10.6. The van der Waals surface area contributed by atoms with Crippen LogP contribution in [0.5, 0.6) is 0 Å². The minimum Gasteiger partial charge on any atom is -0.396 e. The van der Waals surface area contributed by atoms with Crippen LogP contribution in [0.4, 0.5) is 0 Å². The van der Waals surface area contributed by atoms with Crippen molar-refractivity contribution in [3.05, 3.63) is 29.6 Å². The Morgan fingerprint density at radius 3 is 3.17 bits per heavy atom. The third kappa shape index (κ3) is 3.27. The highest BCUT2D eigenvalue weighted by Crippen LogP contribution is 2.08. The summed E-state index contributed by atoms with van der Waals surface area (Å²) in [5.41, 5.74) is 1.36. The summed E-state index contributed by atoms with van der Waals surface area (Å²) in [4.78, 5) is 18.4. The molecule has 18 heavy (non-hydrogen) atoms. The molecule has 0 saturated carbocycles. The number of likely N-dealkylation sites (tertiary alicyclic amines) is 1. The Bertz CT molecular complexity index is 422. The second-order valence-electron chi connectivity index (χ2n) is 4.73. The van der Waals surface area contributed by atoms with Gasteiger partial charge in [-0.1, -0.05) is 0 Å². The number of hydrogen-bond acceptors (Lipinski definition) is 4. The van der Waals surface area contributed by atoms with E-state index in [0.29, 0.717) is 12.0 Å². The predicted molar refractivity (Wildman–Crippen MR) is 68.4 cm³/mol. The van der Waals surface area contributed by atoms with Gasteiger partial charge in [0.05, 0.1) is 0 Å². The summed E-state index contributed by atoms with van der Waals surface area (Å²) in [5, 5.41) is 11.9. The monoisotopic (exact) mass is 249 g/mol. The van der Waals surface area contributed by atoms with Crippen LogP contribution in [-0.4, -0.2) is 53.7 Å². The quantitative estimate of drug-likeness (QED) is 0.791. The SMILES string of the molecule is CN1CCC(NC(=O)c2ccnc(CCO)c2)C1. The fraction of sp³-hybridized carbons (Fsp3) is 0.538. The molecule has 1 saturated heterocycles. The molecule has 1 aliphatic heterocycles. The van der Waals surface area contributed by atoms with Gasteiger partial charge in [-0.25, -0.2) is 0 Å². The molecule has 2 heterocycles. The van der Waals surface area contributed by atoms with Gasteiger partial charge in [0, 0.05) is 43.1 Å². The normalized spacial score (nSPS) is 20.0. The molecule has 1 aromatic heterocycles. The Kier molecular flexibility index (Phi) is 4.28. The Hall–Kier alpha value is -1.46. The number of aromatic nitrogens is 1.